The molecule has 4 aromatic heterocycles. The number of fused-ring (bicyclic) bond motifs is 1. The average Bonchev–Trinajstić information content (AvgIpc) is 3.31. The molecule has 1 aliphatic rings. The van der Waals surface area contributed by atoms with Crippen molar-refractivity contribution in [2.75, 3.05) is 17.7 Å². The van der Waals surface area contributed by atoms with Crippen LogP contribution in [0.4, 0.5) is 26.1 Å². The molecule has 4 aromatic rings. The van der Waals surface area contributed by atoms with Crippen LogP contribution in [0.3, 0.4) is 0 Å². The number of anilines is 3. The molecule has 12 heteroatoms. The van der Waals surface area contributed by atoms with Crippen LogP contribution < -0.4 is 21.5 Å². The minimum atomic E-state index is -1.04. The van der Waals surface area contributed by atoms with E-state index in [1.54, 1.807) is 25.2 Å². The third kappa shape index (κ3) is 3.86. The van der Waals surface area contributed by atoms with E-state index in [1.165, 1.54) is 39.7 Å². The SMILES string of the molecule is CNc1cc(Nc2cccn(-c3cccc(F)n3)c2=O)nc2c(C(=O)N[C@@H]3C[C@@H]3F)cnn12. The molecule has 1 amide bonds. The van der Waals surface area contributed by atoms with Crippen LogP contribution in [-0.4, -0.2) is 49.3 Å². The van der Waals surface area contributed by atoms with E-state index in [9.17, 15) is 18.4 Å². The fourth-order valence-electron chi connectivity index (χ4n) is 3.36. The summed E-state index contributed by atoms with van der Waals surface area (Å²) in [7, 11) is 1.67. The lowest BCUT2D eigenvalue weighted by Crippen LogP contribution is -2.27. The first-order chi connectivity index (χ1) is 15.9. The second kappa shape index (κ2) is 7.97. The Bertz CT molecular complexity index is 1430. The van der Waals surface area contributed by atoms with E-state index in [2.05, 4.69) is 31.0 Å². The number of pyridine rings is 2. The molecule has 4 heterocycles. The van der Waals surface area contributed by atoms with Gasteiger partial charge in [0.2, 0.25) is 5.95 Å². The van der Waals surface area contributed by atoms with Crippen LogP contribution in [0.25, 0.3) is 11.5 Å². The molecule has 0 spiro atoms. The average molecular weight is 452 g/mol. The summed E-state index contributed by atoms with van der Waals surface area (Å²) in [5.41, 5.74) is 0.0772. The molecule has 1 fully saturated rings. The summed E-state index contributed by atoms with van der Waals surface area (Å²) >= 11 is 0. The second-order valence-corrected chi connectivity index (χ2v) is 7.44. The van der Waals surface area contributed by atoms with Crippen LogP contribution in [0.1, 0.15) is 16.8 Å². The summed E-state index contributed by atoms with van der Waals surface area (Å²) < 4.78 is 29.4. The van der Waals surface area contributed by atoms with Crippen LogP contribution in [0.2, 0.25) is 0 Å². The molecule has 33 heavy (non-hydrogen) atoms. The van der Waals surface area contributed by atoms with Gasteiger partial charge in [0.1, 0.15) is 34.9 Å². The van der Waals surface area contributed by atoms with Crippen molar-refractivity contribution in [1.82, 2.24) is 29.5 Å². The van der Waals surface area contributed by atoms with Gasteiger partial charge in [0.05, 0.1) is 12.2 Å². The number of hydrogen-bond donors (Lipinski definition) is 3. The summed E-state index contributed by atoms with van der Waals surface area (Å²) in [6.45, 7) is 0. The van der Waals surface area contributed by atoms with Crippen LogP contribution in [0.5, 0.6) is 0 Å². The molecular weight excluding hydrogens is 434 g/mol. The Morgan fingerprint density at radius 1 is 1.21 bits per heavy atom. The zero-order valence-corrected chi connectivity index (χ0v) is 17.3. The Hall–Kier alpha value is -4.35. The number of hydrogen-bond acceptors (Lipinski definition) is 7. The zero-order valence-electron chi connectivity index (χ0n) is 17.3. The van der Waals surface area contributed by atoms with Crippen molar-refractivity contribution in [2.24, 2.45) is 0 Å². The highest BCUT2D eigenvalue weighted by molar-refractivity contribution is 6.00. The minimum absolute atomic E-state index is 0.129. The van der Waals surface area contributed by atoms with Gasteiger partial charge in [-0.05, 0) is 24.3 Å². The standard InChI is InChI=1S/C21H18F2N8O2/c1-24-18-9-16(29-19-11(10-25-31(18)19)20(32)27-14-8-12(14)22)26-13-4-3-7-30(21(13)33)17-6-2-5-15(23)28-17/h2-7,9-10,12,14,24H,8H2,1H3,(H,26,29)(H,27,32)/t12-,14+/m0/s1. The van der Waals surface area contributed by atoms with Gasteiger partial charge >= 0.3 is 0 Å². The smallest absolute Gasteiger partial charge is 0.279 e. The number of carbonyl (C=O) groups excluding carboxylic acids is 1. The van der Waals surface area contributed by atoms with E-state index < -0.39 is 29.6 Å². The molecule has 5 rings (SSSR count). The maximum Gasteiger partial charge on any atom is 0.279 e. The monoisotopic (exact) mass is 452 g/mol. The maximum absolute atomic E-state index is 13.5. The quantitative estimate of drug-likeness (QED) is 0.383. The predicted molar refractivity (Wildman–Crippen MR) is 116 cm³/mol. The van der Waals surface area contributed by atoms with Crippen molar-refractivity contribution in [3.63, 3.8) is 0 Å². The fraction of sp³-hybridized carbons (Fsp3) is 0.190. The summed E-state index contributed by atoms with van der Waals surface area (Å²) in [5.74, 6) is -0.303. The molecular formula is C21H18F2N8O2. The normalized spacial score (nSPS) is 17.1. The van der Waals surface area contributed by atoms with Crippen molar-refractivity contribution in [2.45, 2.75) is 18.6 Å². The molecule has 10 nitrogen and oxygen atoms in total. The number of amides is 1. The van der Waals surface area contributed by atoms with Gasteiger partial charge in [-0.3, -0.25) is 14.2 Å². The summed E-state index contributed by atoms with van der Waals surface area (Å²) in [6, 6.07) is 8.41. The van der Waals surface area contributed by atoms with Gasteiger partial charge < -0.3 is 16.0 Å². The van der Waals surface area contributed by atoms with Crippen molar-refractivity contribution in [3.8, 4) is 5.82 Å². The zero-order chi connectivity index (χ0) is 23.1. The minimum Gasteiger partial charge on any atom is -0.373 e. The molecule has 0 unspecified atom stereocenters. The molecule has 0 radical (unpaired) electrons. The molecule has 0 bridgehead atoms. The number of nitrogens with zero attached hydrogens (tertiary/aromatic N) is 5. The van der Waals surface area contributed by atoms with E-state index in [1.807, 2.05) is 0 Å². The first-order valence-electron chi connectivity index (χ1n) is 10.1. The molecule has 168 valence electrons. The molecule has 0 saturated heterocycles. The van der Waals surface area contributed by atoms with Gasteiger partial charge in [0.15, 0.2) is 5.65 Å². The third-order valence-corrected chi connectivity index (χ3v) is 5.16. The van der Waals surface area contributed by atoms with Gasteiger partial charge in [0, 0.05) is 25.7 Å². The van der Waals surface area contributed by atoms with Crippen molar-refractivity contribution in [3.05, 3.63) is 70.7 Å². The number of nitrogens with one attached hydrogen (secondary N) is 3. The van der Waals surface area contributed by atoms with Crippen LogP contribution in [-0.2, 0) is 0 Å². The Balaban J connectivity index is 1.52. The first kappa shape index (κ1) is 20.5. The third-order valence-electron chi connectivity index (χ3n) is 5.16. The summed E-state index contributed by atoms with van der Waals surface area (Å²) in [5, 5.41) is 12.7. The van der Waals surface area contributed by atoms with Crippen molar-refractivity contribution >= 4 is 28.9 Å². The number of rotatable bonds is 6. The Morgan fingerprint density at radius 3 is 2.76 bits per heavy atom. The van der Waals surface area contributed by atoms with Crippen molar-refractivity contribution < 1.29 is 13.6 Å². The molecule has 1 aliphatic carbocycles. The molecule has 1 saturated carbocycles. The summed E-state index contributed by atoms with van der Waals surface area (Å²) in [6.07, 6.45) is 2.07. The topological polar surface area (TPSA) is 118 Å². The molecule has 0 aromatic carbocycles. The molecule has 0 aliphatic heterocycles. The second-order valence-electron chi connectivity index (χ2n) is 7.44. The number of aromatic nitrogens is 5. The first-order valence-corrected chi connectivity index (χ1v) is 10.1. The van der Waals surface area contributed by atoms with E-state index in [0.29, 0.717) is 5.82 Å². The lowest BCUT2D eigenvalue weighted by atomic mass is 10.3. The van der Waals surface area contributed by atoms with E-state index in [0.717, 1.165) is 0 Å². The Labute approximate surface area is 185 Å². The van der Waals surface area contributed by atoms with Crippen molar-refractivity contribution in [1.29, 1.82) is 0 Å². The van der Waals surface area contributed by atoms with Crippen LogP contribution >= 0.6 is 0 Å². The largest absolute Gasteiger partial charge is 0.373 e. The lowest BCUT2D eigenvalue weighted by Gasteiger charge is -2.11. The van der Waals surface area contributed by atoms with E-state index in [-0.39, 0.29) is 35.0 Å². The van der Waals surface area contributed by atoms with Gasteiger partial charge in [-0.15, -0.1) is 0 Å². The van der Waals surface area contributed by atoms with Gasteiger partial charge in [-0.25, -0.2) is 14.4 Å². The Kier molecular flexibility index (Phi) is 4.96. The van der Waals surface area contributed by atoms with E-state index >= 15 is 0 Å². The predicted octanol–water partition coefficient (Wildman–Crippen LogP) is 2.04. The van der Waals surface area contributed by atoms with Gasteiger partial charge in [-0.1, -0.05) is 6.07 Å². The fourth-order valence-corrected chi connectivity index (χ4v) is 3.36. The van der Waals surface area contributed by atoms with E-state index in [4.69, 9.17) is 0 Å². The summed E-state index contributed by atoms with van der Waals surface area (Å²) in [4.78, 5) is 33.7. The maximum atomic E-state index is 13.5. The van der Waals surface area contributed by atoms with Gasteiger partial charge in [-0.2, -0.15) is 14.0 Å². The lowest BCUT2D eigenvalue weighted by molar-refractivity contribution is 0.0949. The molecule has 3 N–H and O–H groups in total. The molecule has 2 atom stereocenters. The number of halogens is 2. The van der Waals surface area contributed by atoms with Crippen LogP contribution in [0.15, 0.2) is 53.6 Å². The Morgan fingerprint density at radius 2 is 2.03 bits per heavy atom. The highest BCUT2D eigenvalue weighted by Gasteiger charge is 2.39. The van der Waals surface area contributed by atoms with Crippen LogP contribution in [0, 0.1) is 5.95 Å². The highest BCUT2D eigenvalue weighted by Crippen LogP contribution is 2.26. The number of carbonyl (C=O) groups is 1. The number of alkyl halides is 1. The highest BCUT2D eigenvalue weighted by atomic mass is 19.1. The van der Waals surface area contributed by atoms with Gasteiger partial charge in [0.25, 0.3) is 11.5 Å².